The summed E-state index contributed by atoms with van der Waals surface area (Å²) in [7, 11) is -3.25. The van der Waals surface area contributed by atoms with Gasteiger partial charge >= 0.3 is 7.60 Å². The molecule has 0 saturated heterocycles. The van der Waals surface area contributed by atoms with Gasteiger partial charge in [0.2, 0.25) is 0 Å². The van der Waals surface area contributed by atoms with Gasteiger partial charge in [0.25, 0.3) is 0 Å². The van der Waals surface area contributed by atoms with Crippen LogP contribution in [0.15, 0.2) is 12.2 Å². The molecule has 86 valence electrons. The monoisotopic (exact) mass is 232 g/mol. The fourth-order valence-corrected chi connectivity index (χ4v) is 3.62. The first kappa shape index (κ1) is 12.6. The number of ketones is 1. The van der Waals surface area contributed by atoms with Gasteiger partial charge in [0.1, 0.15) is 5.66 Å². The second kappa shape index (κ2) is 5.59. The maximum absolute atomic E-state index is 12.3. The standard InChI is InChI=1S/C10H17O4P/c1-3-13-15(12,14-4-2)10-8-6-5-7-9(10)11/h5,7,10H,3-4,6,8H2,1-2H3/t10-/m0/s1. The molecule has 0 saturated carbocycles. The third kappa shape index (κ3) is 3.00. The van der Waals surface area contributed by atoms with Crippen LogP contribution < -0.4 is 0 Å². The van der Waals surface area contributed by atoms with Crippen LogP contribution in [0.25, 0.3) is 0 Å². The molecule has 0 spiro atoms. The number of hydrogen-bond acceptors (Lipinski definition) is 4. The molecule has 0 bridgehead atoms. The predicted molar refractivity (Wildman–Crippen MR) is 58.0 cm³/mol. The van der Waals surface area contributed by atoms with Gasteiger partial charge in [-0.15, -0.1) is 0 Å². The Morgan fingerprint density at radius 2 is 2.00 bits per heavy atom. The molecular formula is C10H17O4P. The summed E-state index contributed by atoms with van der Waals surface area (Å²) in [5.74, 6) is -0.147. The van der Waals surface area contributed by atoms with E-state index in [4.69, 9.17) is 9.05 Å². The average molecular weight is 232 g/mol. The summed E-state index contributed by atoms with van der Waals surface area (Å²) in [4.78, 5) is 11.6. The Kier molecular flexibility index (Phi) is 4.71. The second-order valence-electron chi connectivity index (χ2n) is 3.27. The first-order valence-electron chi connectivity index (χ1n) is 5.23. The van der Waals surface area contributed by atoms with Crippen LogP contribution in [0.4, 0.5) is 0 Å². The van der Waals surface area contributed by atoms with E-state index in [1.165, 1.54) is 6.08 Å². The van der Waals surface area contributed by atoms with Crippen molar-refractivity contribution in [3.8, 4) is 0 Å². The Morgan fingerprint density at radius 1 is 1.40 bits per heavy atom. The molecule has 1 atom stereocenters. The molecule has 0 fully saturated rings. The highest BCUT2D eigenvalue weighted by atomic mass is 31.2. The lowest BCUT2D eigenvalue weighted by Gasteiger charge is -2.25. The zero-order chi connectivity index (χ0) is 11.3. The van der Waals surface area contributed by atoms with Crippen molar-refractivity contribution in [3.05, 3.63) is 12.2 Å². The molecule has 1 aliphatic rings. The fraction of sp³-hybridized carbons (Fsp3) is 0.700. The molecule has 0 aromatic carbocycles. The minimum Gasteiger partial charge on any atom is -0.308 e. The van der Waals surface area contributed by atoms with E-state index in [1.807, 2.05) is 0 Å². The maximum Gasteiger partial charge on any atom is 0.341 e. The van der Waals surface area contributed by atoms with E-state index in [2.05, 4.69) is 0 Å². The smallest absolute Gasteiger partial charge is 0.308 e. The molecule has 15 heavy (non-hydrogen) atoms. The normalized spacial score (nSPS) is 22.0. The van der Waals surface area contributed by atoms with Gasteiger partial charge in [0, 0.05) is 0 Å². The van der Waals surface area contributed by atoms with Gasteiger partial charge in [-0.2, -0.15) is 0 Å². The zero-order valence-electron chi connectivity index (χ0n) is 9.14. The van der Waals surface area contributed by atoms with Gasteiger partial charge in [-0.3, -0.25) is 9.36 Å². The van der Waals surface area contributed by atoms with Crippen molar-refractivity contribution >= 4 is 13.4 Å². The topological polar surface area (TPSA) is 52.6 Å². The highest BCUT2D eigenvalue weighted by molar-refractivity contribution is 7.55. The average Bonchev–Trinajstić information content (AvgIpc) is 2.19. The van der Waals surface area contributed by atoms with E-state index >= 15 is 0 Å². The van der Waals surface area contributed by atoms with Gasteiger partial charge in [-0.05, 0) is 32.8 Å². The summed E-state index contributed by atoms with van der Waals surface area (Å²) in [6.07, 6.45) is 4.56. The lowest BCUT2D eigenvalue weighted by atomic mass is 10.1. The van der Waals surface area contributed by atoms with E-state index in [0.29, 0.717) is 19.6 Å². The Morgan fingerprint density at radius 3 is 2.47 bits per heavy atom. The molecule has 0 aromatic rings. The first-order valence-corrected chi connectivity index (χ1v) is 6.84. The second-order valence-corrected chi connectivity index (χ2v) is 5.49. The van der Waals surface area contributed by atoms with Gasteiger partial charge in [0.15, 0.2) is 5.78 Å². The van der Waals surface area contributed by atoms with Crippen LogP contribution in [0, 0.1) is 0 Å². The van der Waals surface area contributed by atoms with Crippen LogP contribution in [0.1, 0.15) is 26.7 Å². The summed E-state index contributed by atoms with van der Waals surface area (Å²) in [5.41, 5.74) is -0.609. The molecule has 0 aliphatic heterocycles. The van der Waals surface area contributed by atoms with Crippen molar-refractivity contribution in [2.45, 2.75) is 32.3 Å². The molecule has 0 N–H and O–H groups in total. The summed E-state index contributed by atoms with van der Waals surface area (Å²) in [5, 5.41) is 0. The van der Waals surface area contributed by atoms with E-state index < -0.39 is 13.3 Å². The number of hydrogen-bond donors (Lipinski definition) is 0. The summed E-state index contributed by atoms with van der Waals surface area (Å²) in [6, 6.07) is 0. The Labute approximate surface area is 90.2 Å². The number of rotatable bonds is 5. The number of allylic oxidation sites excluding steroid dienone is 2. The lowest BCUT2D eigenvalue weighted by molar-refractivity contribution is -0.115. The lowest BCUT2D eigenvalue weighted by Crippen LogP contribution is -2.24. The largest absolute Gasteiger partial charge is 0.341 e. The molecule has 0 amide bonds. The molecule has 1 rings (SSSR count). The SMILES string of the molecule is CCOP(=O)(OCC)[C@H]1CCC=CC1=O. The molecule has 0 radical (unpaired) electrons. The van der Waals surface area contributed by atoms with Gasteiger partial charge in [-0.25, -0.2) is 0 Å². The minimum atomic E-state index is -3.25. The van der Waals surface area contributed by atoms with Gasteiger partial charge < -0.3 is 9.05 Å². The van der Waals surface area contributed by atoms with Crippen LogP contribution in [-0.2, 0) is 18.4 Å². The fourth-order valence-electron chi connectivity index (χ4n) is 1.60. The zero-order valence-corrected chi connectivity index (χ0v) is 10.0. The Bertz CT molecular complexity index is 288. The third-order valence-corrected chi connectivity index (χ3v) is 4.73. The van der Waals surface area contributed by atoms with Crippen LogP contribution in [0.5, 0.6) is 0 Å². The quantitative estimate of drug-likeness (QED) is 0.683. The van der Waals surface area contributed by atoms with E-state index in [-0.39, 0.29) is 5.78 Å². The minimum absolute atomic E-state index is 0.147. The maximum atomic E-state index is 12.3. The van der Waals surface area contributed by atoms with Crippen molar-refractivity contribution in [1.82, 2.24) is 0 Å². The summed E-state index contributed by atoms with van der Waals surface area (Å²) >= 11 is 0. The third-order valence-electron chi connectivity index (χ3n) is 2.22. The Hall–Kier alpha value is -0.440. The molecular weight excluding hydrogens is 215 g/mol. The summed E-state index contributed by atoms with van der Waals surface area (Å²) in [6.45, 7) is 4.08. The summed E-state index contributed by atoms with van der Waals surface area (Å²) < 4.78 is 22.6. The molecule has 4 nitrogen and oxygen atoms in total. The molecule has 1 aliphatic carbocycles. The number of carbonyl (C=O) groups excluding carboxylic acids is 1. The Balaban J connectivity index is 2.83. The highest BCUT2D eigenvalue weighted by Crippen LogP contribution is 2.55. The van der Waals surface area contributed by atoms with E-state index in [1.54, 1.807) is 19.9 Å². The van der Waals surface area contributed by atoms with Crippen LogP contribution in [0.3, 0.4) is 0 Å². The molecule has 0 unspecified atom stereocenters. The molecule has 0 heterocycles. The van der Waals surface area contributed by atoms with Gasteiger partial charge in [-0.1, -0.05) is 6.08 Å². The van der Waals surface area contributed by atoms with Crippen LogP contribution in [-0.4, -0.2) is 24.7 Å². The highest BCUT2D eigenvalue weighted by Gasteiger charge is 2.40. The van der Waals surface area contributed by atoms with E-state index in [0.717, 1.165) is 6.42 Å². The van der Waals surface area contributed by atoms with Crippen molar-refractivity contribution in [1.29, 1.82) is 0 Å². The van der Waals surface area contributed by atoms with Crippen molar-refractivity contribution < 1.29 is 18.4 Å². The van der Waals surface area contributed by atoms with Crippen LogP contribution in [0.2, 0.25) is 0 Å². The van der Waals surface area contributed by atoms with E-state index in [9.17, 15) is 9.36 Å². The number of carbonyl (C=O) groups is 1. The van der Waals surface area contributed by atoms with Crippen molar-refractivity contribution in [2.75, 3.05) is 13.2 Å². The van der Waals surface area contributed by atoms with Crippen molar-refractivity contribution in [2.24, 2.45) is 0 Å². The predicted octanol–water partition coefficient (Wildman–Crippen LogP) is 2.54. The first-order chi connectivity index (χ1) is 7.14. The van der Waals surface area contributed by atoms with Crippen LogP contribution >= 0.6 is 7.60 Å². The molecule has 0 aromatic heterocycles. The molecule has 5 heteroatoms. The van der Waals surface area contributed by atoms with Gasteiger partial charge in [0.05, 0.1) is 13.2 Å². The van der Waals surface area contributed by atoms with Crippen molar-refractivity contribution in [3.63, 3.8) is 0 Å².